The van der Waals surface area contributed by atoms with Crippen molar-refractivity contribution >= 4 is 23.1 Å². The Kier molecular flexibility index (Phi) is 6.39. The molecular formula is C36H39FN4O3. The number of aromatic nitrogens is 3. The lowest BCUT2D eigenvalue weighted by Crippen LogP contribution is -2.57. The Balaban J connectivity index is 0.993. The first-order valence-electron chi connectivity index (χ1n) is 16.1. The number of para-hydroxylation sites is 2. The van der Waals surface area contributed by atoms with Crippen molar-refractivity contribution in [1.82, 2.24) is 20.1 Å². The first-order valence-corrected chi connectivity index (χ1v) is 16.1. The molecule has 1 amide bonds. The second-order valence-electron chi connectivity index (χ2n) is 14.1. The molecule has 4 aromatic rings. The molecule has 44 heavy (non-hydrogen) atoms. The molecular weight excluding hydrogens is 555 g/mol. The van der Waals surface area contributed by atoms with Crippen LogP contribution in [0.3, 0.4) is 0 Å². The third kappa shape index (κ3) is 4.20. The molecule has 8 heteroatoms. The molecule has 7 unspecified atom stereocenters. The Morgan fingerprint density at radius 3 is 2.77 bits per heavy atom. The highest BCUT2D eigenvalue weighted by atomic mass is 19.1. The van der Waals surface area contributed by atoms with Crippen LogP contribution in [0.15, 0.2) is 64.7 Å². The molecule has 4 aliphatic rings. The monoisotopic (exact) mass is 594 g/mol. The van der Waals surface area contributed by atoms with E-state index >= 15 is 0 Å². The van der Waals surface area contributed by atoms with Gasteiger partial charge in [0, 0.05) is 18.9 Å². The highest BCUT2D eigenvalue weighted by Gasteiger charge is 2.63. The van der Waals surface area contributed by atoms with Crippen molar-refractivity contribution in [3.8, 4) is 5.69 Å². The Hall–Kier alpha value is -3.78. The zero-order chi connectivity index (χ0) is 30.2. The van der Waals surface area contributed by atoms with Crippen LogP contribution in [0.1, 0.15) is 63.1 Å². The molecule has 228 valence electrons. The van der Waals surface area contributed by atoms with Crippen LogP contribution in [0.25, 0.3) is 22.9 Å². The molecule has 0 saturated heterocycles. The molecule has 2 heterocycles. The lowest BCUT2D eigenvalue weighted by atomic mass is 9.46. The third-order valence-corrected chi connectivity index (χ3v) is 11.8. The van der Waals surface area contributed by atoms with Gasteiger partial charge >= 0.3 is 0 Å². The summed E-state index contributed by atoms with van der Waals surface area (Å²) in [6, 6.07) is 14.2. The highest BCUT2D eigenvalue weighted by molar-refractivity contribution is 5.80. The normalized spacial score (nSPS) is 32.4. The van der Waals surface area contributed by atoms with Crippen molar-refractivity contribution < 1.29 is 18.7 Å². The van der Waals surface area contributed by atoms with Crippen LogP contribution in [-0.4, -0.2) is 38.4 Å². The molecule has 0 radical (unpaired) electrons. The van der Waals surface area contributed by atoms with Crippen LogP contribution < -0.4 is 5.32 Å². The second-order valence-corrected chi connectivity index (χ2v) is 14.1. The summed E-state index contributed by atoms with van der Waals surface area (Å²) in [6.45, 7) is 5.08. The number of aliphatic hydroxyl groups is 1. The van der Waals surface area contributed by atoms with E-state index in [1.807, 2.05) is 35.1 Å². The van der Waals surface area contributed by atoms with Gasteiger partial charge in [0.05, 0.1) is 23.7 Å². The van der Waals surface area contributed by atoms with Gasteiger partial charge in [-0.1, -0.05) is 31.6 Å². The van der Waals surface area contributed by atoms with Gasteiger partial charge in [-0.2, -0.15) is 5.10 Å². The molecule has 0 aliphatic heterocycles. The summed E-state index contributed by atoms with van der Waals surface area (Å²) in [4.78, 5) is 18.2. The SMILES string of the molecule is CC12Cc3cnn(-c4ccc(F)cc4)c3C=C1CCC1C2C(O)CC2(C)C(C(=O)NCCc3nc4ccccc4o3)CCC12. The van der Waals surface area contributed by atoms with Gasteiger partial charge in [-0.25, -0.2) is 14.1 Å². The largest absolute Gasteiger partial charge is 0.441 e. The first kappa shape index (κ1) is 27.7. The number of nitrogens with zero attached hydrogens (tertiary/aromatic N) is 3. The molecule has 2 N–H and O–H groups in total. The fourth-order valence-corrected chi connectivity index (χ4v) is 9.85. The fraction of sp³-hybridized carbons (Fsp3) is 0.472. The van der Waals surface area contributed by atoms with Crippen molar-refractivity contribution in [2.24, 2.45) is 34.5 Å². The van der Waals surface area contributed by atoms with E-state index in [2.05, 4.69) is 30.2 Å². The summed E-state index contributed by atoms with van der Waals surface area (Å²) in [6.07, 6.45) is 9.66. The van der Waals surface area contributed by atoms with E-state index < -0.39 is 6.10 Å². The van der Waals surface area contributed by atoms with E-state index in [-0.39, 0.29) is 34.4 Å². The third-order valence-electron chi connectivity index (χ3n) is 11.8. The van der Waals surface area contributed by atoms with Gasteiger partial charge in [-0.05, 0) is 115 Å². The minimum absolute atomic E-state index is 0.0925. The molecule has 7 atom stereocenters. The smallest absolute Gasteiger partial charge is 0.223 e. The Bertz CT molecular complexity index is 1740. The zero-order valence-electron chi connectivity index (χ0n) is 25.3. The maximum Gasteiger partial charge on any atom is 0.223 e. The molecule has 2 aromatic heterocycles. The van der Waals surface area contributed by atoms with Crippen LogP contribution in [0.2, 0.25) is 0 Å². The predicted octanol–water partition coefficient (Wildman–Crippen LogP) is 6.28. The summed E-state index contributed by atoms with van der Waals surface area (Å²) in [5.41, 5.74) is 5.67. The van der Waals surface area contributed by atoms with Crippen molar-refractivity contribution in [2.45, 2.75) is 64.9 Å². The molecule has 8 rings (SSSR count). The topological polar surface area (TPSA) is 93.2 Å². The zero-order valence-corrected chi connectivity index (χ0v) is 25.3. The van der Waals surface area contributed by atoms with Crippen molar-refractivity contribution in [2.75, 3.05) is 6.54 Å². The second kappa shape index (κ2) is 10.1. The Labute approximate surface area is 256 Å². The number of carbonyl (C=O) groups excluding carboxylic acids is 1. The van der Waals surface area contributed by atoms with Crippen LogP contribution in [0.4, 0.5) is 4.39 Å². The molecule has 3 fully saturated rings. The number of allylic oxidation sites excluding steroid dienone is 1. The van der Waals surface area contributed by atoms with E-state index in [4.69, 9.17) is 9.52 Å². The van der Waals surface area contributed by atoms with Crippen LogP contribution in [-0.2, 0) is 17.6 Å². The number of hydrogen-bond donors (Lipinski definition) is 2. The minimum atomic E-state index is -0.475. The van der Waals surface area contributed by atoms with Gasteiger partial charge in [0.25, 0.3) is 0 Å². The molecule has 4 aliphatic carbocycles. The number of fused-ring (bicyclic) bond motifs is 7. The lowest BCUT2D eigenvalue weighted by Gasteiger charge is -2.59. The molecule has 0 bridgehead atoms. The van der Waals surface area contributed by atoms with Gasteiger partial charge in [0.1, 0.15) is 11.3 Å². The van der Waals surface area contributed by atoms with Gasteiger partial charge in [0.2, 0.25) is 5.91 Å². The number of benzene rings is 2. The number of halogens is 1. The van der Waals surface area contributed by atoms with E-state index in [1.54, 1.807) is 12.1 Å². The van der Waals surface area contributed by atoms with Gasteiger partial charge in [0.15, 0.2) is 11.5 Å². The average Bonchev–Trinajstić information content (AvgIpc) is 3.70. The highest BCUT2D eigenvalue weighted by Crippen LogP contribution is 2.66. The quantitative estimate of drug-likeness (QED) is 0.284. The number of rotatable bonds is 5. The maximum absolute atomic E-state index is 13.6. The standard InChI is InChI=1S/C36H39FN4O3/c1-35-18-21-20-39-41(24-10-8-23(37)9-11-24)29(21)17-22(35)7-12-25-26-13-14-27(36(26,2)19-30(42)33(25)35)34(43)38-16-15-32-40-28-5-3-4-6-31(28)44-32/h3-6,8-11,17,20,25-27,30,33,42H,7,12-16,18-19H2,1-2H3,(H,38,43). The van der Waals surface area contributed by atoms with E-state index in [9.17, 15) is 14.3 Å². The Morgan fingerprint density at radius 1 is 1.14 bits per heavy atom. The van der Waals surface area contributed by atoms with E-state index in [0.717, 1.165) is 54.6 Å². The maximum atomic E-state index is 13.6. The van der Waals surface area contributed by atoms with E-state index in [0.29, 0.717) is 37.1 Å². The molecule has 2 aromatic carbocycles. The Morgan fingerprint density at radius 2 is 1.95 bits per heavy atom. The lowest BCUT2D eigenvalue weighted by molar-refractivity contribution is -0.143. The molecule has 7 nitrogen and oxygen atoms in total. The number of amides is 1. The summed E-state index contributed by atoms with van der Waals surface area (Å²) in [5.74, 6) is 1.28. The van der Waals surface area contributed by atoms with Crippen LogP contribution >= 0.6 is 0 Å². The van der Waals surface area contributed by atoms with Gasteiger partial charge < -0.3 is 14.8 Å². The van der Waals surface area contributed by atoms with Crippen LogP contribution in [0.5, 0.6) is 0 Å². The minimum Gasteiger partial charge on any atom is -0.441 e. The number of aliphatic hydroxyl groups excluding tert-OH is 1. The summed E-state index contributed by atoms with van der Waals surface area (Å²) >= 11 is 0. The number of carbonyl (C=O) groups is 1. The summed E-state index contributed by atoms with van der Waals surface area (Å²) in [7, 11) is 0. The molecule has 0 spiro atoms. The van der Waals surface area contributed by atoms with Crippen molar-refractivity contribution in [1.29, 1.82) is 0 Å². The summed E-state index contributed by atoms with van der Waals surface area (Å²) in [5, 5.41) is 19.8. The van der Waals surface area contributed by atoms with Crippen molar-refractivity contribution in [3.63, 3.8) is 0 Å². The number of hydrogen-bond acceptors (Lipinski definition) is 5. The summed E-state index contributed by atoms with van der Waals surface area (Å²) < 4.78 is 21.3. The predicted molar refractivity (Wildman–Crippen MR) is 165 cm³/mol. The fourth-order valence-electron chi connectivity index (χ4n) is 9.85. The number of oxazole rings is 1. The van der Waals surface area contributed by atoms with Crippen molar-refractivity contribution in [3.05, 3.63) is 83.3 Å². The average molecular weight is 595 g/mol. The van der Waals surface area contributed by atoms with Gasteiger partial charge in [-0.15, -0.1) is 0 Å². The van der Waals surface area contributed by atoms with Gasteiger partial charge in [-0.3, -0.25) is 4.79 Å². The molecule has 3 saturated carbocycles. The van der Waals surface area contributed by atoms with Crippen LogP contribution in [0, 0.1) is 40.3 Å². The first-order chi connectivity index (χ1) is 21.2. The van der Waals surface area contributed by atoms with E-state index in [1.165, 1.54) is 23.3 Å². The number of nitrogens with one attached hydrogen (secondary N) is 1.